The highest BCUT2D eigenvalue weighted by atomic mass is 79.9. The van der Waals surface area contributed by atoms with Gasteiger partial charge in [0.2, 0.25) is 0 Å². The lowest BCUT2D eigenvalue weighted by Crippen LogP contribution is -2.30. The van der Waals surface area contributed by atoms with Gasteiger partial charge in [-0.15, -0.1) is 0 Å². The van der Waals surface area contributed by atoms with E-state index in [9.17, 15) is 0 Å². The summed E-state index contributed by atoms with van der Waals surface area (Å²) >= 11 is 8.06. The molecule has 0 unspecified atom stereocenters. The topological polar surface area (TPSA) is 73.8 Å². The third kappa shape index (κ3) is 18.7. The van der Waals surface area contributed by atoms with Gasteiger partial charge in [0.15, 0.2) is 0 Å². The highest BCUT2D eigenvalue weighted by Gasteiger charge is 2.51. The fourth-order valence-corrected chi connectivity index (χ4v) is 14.8. The second-order valence-corrected chi connectivity index (χ2v) is 27.1. The molecule has 2 aliphatic rings. The number of fused-ring (bicyclic) bond motifs is 6. The molecule has 2 aliphatic carbocycles. The van der Waals surface area contributed by atoms with E-state index in [-0.39, 0.29) is 0 Å². The number of aryl methyl sites for hydroxylation is 2. The predicted molar refractivity (Wildman–Crippen MR) is 386 cm³/mol. The zero-order valence-corrected chi connectivity index (χ0v) is 59.1. The number of hydrogen-bond acceptors (Lipinski definition) is 8. The van der Waals surface area contributed by atoms with Crippen molar-refractivity contribution in [3.8, 4) is 33.8 Å². The Labute approximate surface area is 569 Å². The molecule has 0 heterocycles. The fourth-order valence-electron chi connectivity index (χ4n) is 14.1. The molecule has 0 N–H and O–H groups in total. The lowest BCUT2D eigenvalue weighted by atomic mass is 9.65. The molecule has 0 aromatic heterocycles. The van der Waals surface area contributed by atoms with Crippen LogP contribution in [0.4, 0.5) is 0 Å². The van der Waals surface area contributed by atoms with Crippen LogP contribution in [0.3, 0.4) is 0 Å². The van der Waals surface area contributed by atoms with E-state index in [1.54, 1.807) is 14.2 Å². The van der Waals surface area contributed by atoms with Gasteiger partial charge in [0, 0.05) is 23.2 Å². The monoisotopic (exact) mass is 1370 g/mol. The standard InChI is InChI=1S/C82H104Br2O8/c1-5-7-9-11-13-15-17-19-21-23-25-63-27-31-65(32-28-63)81(67-35-41-71(42-36-67)91-57-55-89-53-51-87-49-47-85-3)77-59-69(83)39-45-73(77)75-62-80-76(61-79(75)81)74-46-40-70(84)60-78(74)82(80,68-37-43-72(44-38-68)92-58-56-90-54-52-88-50-48-86-4)66-33-29-64(30-34-66)26-24-22-20-18-16-14-12-10-8-6-2/h27-46,59-62H,5-26,47-58H2,1-4H3/t81-,82-/m0/s1. The molecular formula is C82H104Br2O8. The first-order valence-electron chi connectivity index (χ1n) is 35.1. The van der Waals surface area contributed by atoms with Crippen LogP contribution >= 0.6 is 31.9 Å². The van der Waals surface area contributed by atoms with Gasteiger partial charge < -0.3 is 37.9 Å². The molecule has 7 aromatic rings. The van der Waals surface area contributed by atoms with E-state index < -0.39 is 10.8 Å². The molecule has 494 valence electrons. The van der Waals surface area contributed by atoms with Crippen molar-refractivity contribution in [2.75, 3.05) is 93.5 Å². The highest BCUT2D eigenvalue weighted by Crippen LogP contribution is 2.63. The Bertz CT molecular complexity index is 3040. The van der Waals surface area contributed by atoms with Gasteiger partial charge >= 0.3 is 0 Å². The predicted octanol–water partition coefficient (Wildman–Crippen LogP) is 21.0. The summed E-state index contributed by atoms with van der Waals surface area (Å²) in [6, 6.07) is 56.2. The van der Waals surface area contributed by atoms with Gasteiger partial charge in [-0.1, -0.05) is 246 Å². The van der Waals surface area contributed by atoms with Gasteiger partial charge in [0.05, 0.1) is 76.9 Å². The Balaban J connectivity index is 1.09. The van der Waals surface area contributed by atoms with Crippen LogP contribution in [-0.2, 0) is 52.1 Å². The minimum Gasteiger partial charge on any atom is -0.491 e. The van der Waals surface area contributed by atoms with Gasteiger partial charge in [0.25, 0.3) is 0 Å². The number of benzene rings is 7. The maximum Gasteiger partial charge on any atom is 0.119 e. The highest BCUT2D eigenvalue weighted by molar-refractivity contribution is 9.10. The average molecular weight is 1380 g/mol. The van der Waals surface area contributed by atoms with Gasteiger partial charge in [-0.3, -0.25) is 0 Å². The number of hydrogen-bond donors (Lipinski definition) is 0. The van der Waals surface area contributed by atoms with Gasteiger partial charge in [-0.2, -0.15) is 0 Å². The fraction of sp³-hybridized carbons (Fsp3) is 0.488. The number of ether oxygens (including phenoxy) is 8. The Morgan fingerprint density at radius 2 is 0.565 bits per heavy atom. The minimum absolute atomic E-state index is 0.435. The van der Waals surface area contributed by atoms with E-state index in [0.717, 1.165) is 33.3 Å². The maximum atomic E-state index is 6.38. The quantitative estimate of drug-likeness (QED) is 0.0350. The molecule has 8 nitrogen and oxygen atoms in total. The van der Waals surface area contributed by atoms with Crippen LogP contribution in [0.5, 0.6) is 11.5 Å². The summed E-state index contributed by atoms with van der Waals surface area (Å²) in [5.41, 5.74) is 16.3. The second-order valence-electron chi connectivity index (χ2n) is 25.3. The Morgan fingerprint density at radius 3 is 0.891 bits per heavy atom. The molecule has 9 rings (SSSR count). The number of unbranched alkanes of at least 4 members (excludes halogenated alkanes) is 18. The van der Waals surface area contributed by atoms with E-state index in [1.165, 1.54) is 206 Å². The minimum atomic E-state index is -0.680. The summed E-state index contributed by atoms with van der Waals surface area (Å²) < 4.78 is 48.1. The molecule has 0 saturated heterocycles. The van der Waals surface area contributed by atoms with Crippen molar-refractivity contribution in [1.82, 2.24) is 0 Å². The van der Waals surface area contributed by atoms with E-state index in [4.69, 9.17) is 37.9 Å². The second kappa shape index (κ2) is 38.4. The van der Waals surface area contributed by atoms with Crippen molar-refractivity contribution in [2.45, 2.75) is 166 Å². The van der Waals surface area contributed by atoms with Gasteiger partial charge in [0.1, 0.15) is 24.7 Å². The van der Waals surface area contributed by atoms with E-state index in [2.05, 4.69) is 191 Å². The maximum absolute atomic E-state index is 6.38. The molecule has 7 aromatic carbocycles. The van der Waals surface area contributed by atoms with Gasteiger partial charge in [-0.05, 0) is 164 Å². The Kier molecular flexibility index (Phi) is 29.7. The lowest BCUT2D eigenvalue weighted by Gasteiger charge is -2.36. The SMILES string of the molecule is CCCCCCCCCCCCc1ccc([C@]2(c3ccc(OCCOCCOCCOC)cc3)c3cc(Br)ccc3-c3cc4c(cc32)-c2ccc(Br)cc2[C@]4(c2ccc(CCCCCCCCCCCC)cc2)c2ccc(OCCOCCOCCOC)cc2)cc1. The van der Waals surface area contributed by atoms with Crippen LogP contribution in [0, 0.1) is 0 Å². The van der Waals surface area contributed by atoms with Crippen molar-refractivity contribution in [1.29, 1.82) is 0 Å². The first kappa shape index (κ1) is 71.2. The first-order valence-corrected chi connectivity index (χ1v) is 36.7. The summed E-state index contributed by atoms with van der Waals surface area (Å²) in [7, 11) is 3.36. The van der Waals surface area contributed by atoms with Crippen LogP contribution in [0.25, 0.3) is 22.3 Å². The molecule has 0 radical (unpaired) electrons. The van der Waals surface area contributed by atoms with Crippen molar-refractivity contribution in [2.24, 2.45) is 0 Å². The van der Waals surface area contributed by atoms with Gasteiger partial charge in [-0.25, -0.2) is 0 Å². The van der Waals surface area contributed by atoms with Crippen molar-refractivity contribution < 1.29 is 37.9 Å². The normalized spacial score (nSPS) is 15.4. The van der Waals surface area contributed by atoms with E-state index in [1.807, 2.05) is 0 Å². The zero-order valence-electron chi connectivity index (χ0n) is 55.9. The molecule has 0 bridgehead atoms. The summed E-state index contributed by atoms with van der Waals surface area (Å²) in [6.45, 7) is 10.7. The average Bonchev–Trinajstić information content (AvgIpc) is 1.51. The summed E-state index contributed by atoms with van der Waals surface area (Å²) in [5, 5.41) is 0. The van der Waals surface area contributed by atoms with E-state index in [0.29, 0.717) is 79.3 Å². The third-order valence-electron chi connectivity index (χ3n) is 18.9. The number of rotatable bonds is 46. The summed E-state index contributed by atoms with van der Waals surface area (Å²) in [5.74, 6) is 1.61. The van der Waals surface area contributed by atoms with Crippen molar-refractivity contribution >= 4 is 31.9 Å². The molecule has 92 heavy (non-hydrogen) atoms. The molecule has 10 heteroatoms. The summed E-state index contributed by atoms with van der Waals surface area (Å²) in [4.78, 5) is 0. The largest absolute Gasteiger partial charge is 0.491 e. The molecule has 0 aliphatic heterocycles. The van der Waals surface area contributed by atoms with Crippen molar-refractivity contribution in [3.05, 3.63) is 210 Å². The molecular weight excluding hydrogens is 1270 g/mol. The molecule has 0 spiro atoms. The summed E-state index contributed by atoms with van der Waals surface area (Å²) in [6.07, 6.45) is 28.8. The van der Waals surface area contributed by atoms with Crippen LogP contribution < -0.4 is 9.47 Å². The zero-order chi connectivity index (χ0) is 64.1. The molecule has 0 fully saturated rings. The molecule has 0 saturated carbocycles. The van der Waals surface area contributed by atoms with Crippen LogP contribution in [0.15, 0.2) is 155 Å². The molecule has 2 atom stereocenters. The van der Waals surface area contributed by atoms with Crippen LogP contribution in [-0.4, -0.2) is 93.5 Å². The smallest absolute Gasteiger partial charge is 0.119 e. The Hall–Kier alpha value is -5.14. The number of methoxy groups -OCH3 is 2. The Morgan fingerprint density at radius 1 is 0.283 bits per heavy atom. The van der Waals surface area contributed by atoms with Crippen LogP contribution in [0.2, 0.25) is 0 Å². The van der Waals surface area contributed by atoms with Crippen molar-refractivity contribution in [3.63, 3.8) is 0 Å². The molecule has 0 amide bonds. The number of halogens is 2. The van der Waals surface area contributed by atoms with Crippen LogP contribution in [0.1, 0.15) is 198 Å². The first-order chi connectivity index (χ1) is 45.4. The third-order valence-corrected chi connectivity index (χ3v) is 19.9. The van der Waals surface area contributed by atoms with E-state index >= 15 is 0 Å². The lowest BCUT2D eigenvalue weighted by molar-refractivity contribution is 0.0180.